The van der Waals surface area contributed by atoms with Crippen LogP contribution in [0.1, 0.15) is 42.3 Å². The predicted molar refractivity (Wildman–Crippen MR) is 113 cm³/mol. The van der Waals surface area contributed by atoms with E-state index in [-0.39, 0.29) is 11.9 Å². The van der Waals surface area contributed by atoms with Crippen LogP contribution in [-0.4, -0.2) is 36.6 Å². The first kappa shape index (κ1) is 21.2. The summed E-state index contributed by atoms with van der Waals surface area (Å²) in [5.41, 5.74) is 2.92. The molecule has 1 aromatic carbocycles. The molecule has 1 heterocycles. The van der Waals surface area contributed by atoms with E-state index in [4.69, 9.17) is 0 Å². The molecule has 28 heavy (non-hydrogen) atoms. The molecule has 7 nitrogen and oxygen atoms in total. The van der Waals surface area contributed by atoms with E-state index in [1.54, 1.807) is 18.3 Å². The van der Waals surface area contributed by atoms with Gasteiger partial charge in [0.2, 0.25) is 0 Å². The molecule has 0 spiro atoms. The summed E-state index contributed by atoms with van der Waals surface area (Å²) in [7, 11) is 0. The molecule has 150 valence electrons. The summed E-state index contributed by atoms with van der Waals surface area (Å²) in [6.07, 6.45) is 1.77. The molecule has 0 fully saturated rings. The minimum atomic E-state index is -0.330. The summed E-state index contributed by atoms with van der Waals surface area (Å²) in [4.78, 5) is 30.9. The third kappa shape index (κ3) is 5.70. The van der Waals surface area contributed by atoms with Crippen LogP contribution < -0.4 is 20.9 Å². The Morgan fingerprint density at radius 3 is 2.39 bits per heavy atom. The van der Waals surface area contributed by atoms with Crippen molar-refractivity contribution in [3.8, 4) is 0 Å². The van der Waals surface area contributed by atoms with Crippen molar-refractivity contribution < 1.29 is 9.59 Å². The van der Waals surface area contributed by atoms with Crippen molar-refractivity contribution in [2.75, 3.05) is 29.9 Å². The summed E-state index contributed by atoms with van der Waals surface area (Å²) in [5.74, 6) is 0.765. The van der Waals surface area contributed by atoms with Crippen LogP contribution in [0.4, 0.5) is 16.3 Å². The first-order chi connectivity index (χ1) is 13.5. The second-order valence-corrected chi connectivity index (χ2v) is 6.39. The van der Waals surface area contributed by atoms with Crippen molar-refractivity contribution in [1.82, 2.24) is 15.6 Å². The molecule has 3 N–H and O–H groups in total. The van der Waals surface area contributed by atoms with Crippen LogP contribution in [0, 0.1) is 6.92 Å². The molecule has 1 aromatic heterocycles. The van der Waals surface area contributed by atoms with E-state index in [1.807, 2.05) is 32.0 Å². The number of benzene rings is 1. The van der Waals surface area contributed by atoms with E-state index < -0.39 is 0 Å². The standard InChI is InChI=1S/C21H29N5O2/c1-5-22-20(27)17-10-8-15(4)18(12-17)25-21(28)24-14-16-9-11-19(23-13-16)26(6-2)7-3/h8-13H,5-7,14H2,1-4H3,(H,22,27)(H2,24,25,28). The van der Waals surface area contributed by atoms with Crippen LogP contribution in [-0.2, 0) is 6.54 Å². The second-order valence-electron chi connectivity index (χ2n) is 6.39. The number of pyridine rings is 1. The number of rotatable bonds is 8. The Hall–Kier alpha value is -3.09. The highest BCUT2D eigenvalue weighted by Crippen LogP contribution is 2.17. The Kier molecular flexibility index (Phi) is 7.80. The second kappa shape index (κ2) is 10.3. The molecule has 0 aliphatic carbocycles. The number of nitrogens with zero attached hydrogens (tertiary/aromatic N) is 2. The monoisotopic (exact) mass is 383 g/mol. The van der Waals surface area contributed by atoms with E-state index in [9.17, 15) is 9.59 Å². The number of hydrogen-bond acceptors (Lipinski definition) is 4. The summed E-state index contributed by atoms with van der Waals surface area (Å²) in [5, 5.41) is 8.38. The highest BCUT2D eigenvalue weighted by atomic mass is 16.2. The molecule has 7 heteroatoms. The summed E-state index contributed by atoms with van der Waals surface area (Å²) in [6.45, 7) is 10.6. The lowest BCUT2D eigenvalue weighted by molar-refractivity contribution is 0.0956. The summed E-state index contributed by atoms with van der Waals surface area (Å²) < 4.78 is 0. The highest BCUT2D eigenvalue weighted by Gasteiger charge is 2.10. The Labute approximate surface area is 166 Å². The van der Waals surface area contributed by atoms with Crippen molar-refractivity contribution in [3.63, 3.8) is 0 Å². The van der Waals surface area contributed by atoms with Gasteiger partial charge in [-0.25, -0.2) is 9.78 Å². The first-order valence-corrected chi connectivity index (χ1v) is 9.62. The lowest BCUT2D eigenvalue weighted by atomic mass is 10.1. The molecule has 0 aliphatic rings. The molecule has 2 rings (SSSR count). The maximum Gasteiger partial charge on any atom is 0.319 e. The predicted octanol–water partition coefficient (Wildman–Crippen LogP) is 3.31. The number of nitrogens with one attached hydrogen (secondary N) is 3. The van der Waals surface area contributed by atoms with Gasteiger partial charge in [0.25, 0.3) is 5.91 Å². The first-order valence-electron chi connectivity index (χ1n) is 9.62. The van der Waals surface area contributed by atoms with Crippen LogP contribution in [0.3, 0.4) is 0 Å². The van der Waals surface area contributed by atoms with E-state index in [0.29, 0.717) is 24.3 Å². The quantitative estimate of drug-likeness (QED) is 0.653. The number of anilines is 2. The average Bonchev–Trinajstić information content (AvgIpc) is 2.70. The van der Waals surface area contributed by atoms with Crippen LogP contribution in [0.5, 0.6) is 0 Å². The van der Waals surface area contributed by atoms with Gasteiger partial charge in [-0.2, -0.15) is 0 Å². The fourth-order valence-electron chi connectivity index (χ4n) is 2.77. The van der Waals surface area contributed by atoms with Crippen LogP contribution >= 0.6 is 0 Å². The van der Waals surface area contributed by atoms with Crippen molar-refractivity contribution in [2.45, 2.75) is 34.2 Å². The smallest absolute Gasteiger partial charge is 0.319 e. The molecule has 0 bridgehead atoms. The van der Waals surface area contributed by atoms with Crippen LogP contribution in [0.2, 0.25) is 0 Å². The van der Waals surface area contributed by atoms with Crippen molar-refractivity contribution in [2.24, 2.45) is 0 Å². The Balaban J connectivity index is 1.95. The topological polar surface area (TPSA) is 86.4 Å². The largest absolute Gasteiger partial charge is 0.357 e. The maximum atomic E-state index is 12.3. The van der Waals surface area contributed by atoms with E-state index in [0.717, 1.165) is 30.0 Å². The minimum absolute atomic E-state index is 0.162. The van der Waals surface area contributed by atoms with E-state index >= 15 is 0 Å². The molecule has 0 saturated carbocycles. The average molecular weight is 383 g/mol. The van der Waals surface area contributed by atoms with Gasteiger partial charge < -0.3 is 20.9 Å². The molecule has 0 aliphatic heterocycles. The molecule has 0 radical (unpaired) electrons. The molecular weight excluding hydrogens is 354 g/mol. The number of carbonyl (C=O) groups excluding carboxylic acids is 2. The van der Waals surface area contributed by atoms with Gasteiger partial charge in [0.1, 0.15) is 5.82 Å². The van der Waals surface area contributed by atoms with Crippen LogP contribution in [0.25, 0.3) is 0 Å². The number of urea groups is 1. The summed E-state index contributed by atoms with van der Waals surface area (Å²) >= 11 is 0. The molecular formula is C21H29N5O2. The summed E-state index contributed by atoms with van der Waals surface area (Å²) in [6, 6.07) is 8.83. The van der Waals surface area contributed by atoms with Gasteiger partial charge in [-0.1, -0.05) is 12.1 Å². The van der Waals surface area contributed by atoms with E-state index in [1.165, 1.54) is 0 Å². The SMILES string of the molecule is CCNC(=O)c1ccc(C)c(NC(=O)NCc2ccc(N(CC)CC)nc2)c1. The zero-order chi connectivity index (χ0) is 20.5. The fraction of sp³-hybridized carbons (Fsp3) is 0.381. The molecule has 3 amide bonds. The Morgan fingerprint density at radius 2 is 1.79 bits per heavy atom. The third-order valence-electron chi connectivity index (χ3n) is 4.43. The number of carbonyl (C=O) groups is 2. The third-order valence-corrected chi connectivity index (χ3v) is 4.43. The number of amides is 3. The normalized spacial score (nSPS) is 10.3. The lowest BCUT2D eigenvalue weighted by Gasteiger charge is -2.19. The van der Waals surface area contributed by atoms with Gasteiger partial charge in [-0.05, 0) is 57.0 Å². The molecule has 0 unspecified atom stereocenters. The molecule has 0 saturated heterocycles. The zero-order valence-corrected chi connectivity index (χ0v) is 17.0. The maximum absolute atomic E-state index is 12.3. The lowest BCUT2D eigenvalue weighted by Crippen LogP contribution is -2.29. The van der Waals surface area contributed by atoms with Crippen molar-refractivity contribution in [1.29, 1.82) is 0 Å². The highest BCUT2D eigenvalue weighted by molar-refractivity contribution is 5.97. The van der Waals surface area contributed by atoms with Crippen molar-refractivity contribution in [3.05, 3.63) is 53.2 Å². The zero-order valence-electron chi connectivity index (χ0n) is 17.0. The van der Waals surface area contributed by atoms with Gasteiger partial charge >= 0.3 is 6.03 Å². The van der Waals surface area contributed by atoms with Gasteiger partial charge in [-0.15, -0.1) is 0 Å². The fourth-order valence-corrected chi connectivity index (χ4v) is 2.77. The minimum Gasteiger partial charge on any atom is -0.357 e. The van der Waals surface area contributed by atoms with Gasteiger partial charge in [0, 0.05) is 43.6 Å². The number of aryl methyl sites for hydroxylation is 1. The number of hydrogen-bond donors (Lipinski definition) is 3. The Bertz CT molecular complexity index is 801. The number of aromatic nitrogens is 1. The molecule has 2 aromatic rings. The molecule has 0 atom stereocenters. The Morgan fingerprint density at radius 1 is 1.04 bits per heavy atom. The van der Waals surface area contributed by atoms with Crippen LogP contribution in [0.15, 0.2) is 36.5 Å². The van der Waals surface area contributed by atoms with Gasteiger partial charge in [0.15, 0.2) is 0 Å². The van der Waals surface area contributed by atoms with Gasteiger partial charge in [-0.3, -0.25) is 4.79 Å². The van der Waals surface area contributed by atoms with Crippen molar-refractivity contribution >= 4 is 23.4 Å². The van der Waals surface area contributed by atoms with E-state index in [2.05, 4.69) is 39.7 Å². The van der Waals surface area contributed by atoms with Gasteiger partial charge in [0.05, 0.1) is 0 Å².